The van der Waals surface area contributed by atoms with Crippen molar-refractivity contribution < 1.29 is 9.59 Å². The first kappa shape index (κ1) is 23.2. The van der Waals surface area contributed by atoms with Gasteiger partial charge in [0, 0.05) is 43.3 Å². The Morgan fingerprint density at radius 1 is 1.00 bits per heavy atom. The molecule has 0 saturated carbocycles. The summed E-state index contributed by atoms with van der Waals surface area (Å²) in [6, 6.07) is 20.1. The van der Waals surface area contributed by atoms with Crippen molar-refractivity contribution in [1.82, 2.24) is 14.4 Å². The van der Waals surface area contributed by atoms with Crippen LogP contribution in [0.3, 0.4) is 0 Å². The first-order valence-electron chi connectivity index (χ1n) is 11.9. The molecule has 7 heteroatoms. The number of nitrogens with one attached hydrogen (secondary N) is 1. The molecular weight excluding hydrogens is 456 g/mol. The fourth-order valence-corrected chi connectivity index (χ4v) is 5.61. The van der Waals surface area contributed by atoms with Crippen LogP contribution in [0.2, 0.25) is 0 Å². The van der Waals surface area contributed by atoms with Crippen molar-refractivity contribution in [2.24, 2.45) is 0 Å². The average Bonchev–Trinajstić information content (AvgIpc) is 3.42. The molecule has 1 saturated heterocycles. The normalized spacial score (nSPS) is 16.0. The number of aromatic nitrogens is 1. The highest BCUT2D eigenvalue weighted by Crippen LogP contribution is 2.28. The molecule has 5 rings (SSSR count). The average molecular weight is 487 g/mol. The smallest absolute Gasteiger partial charge is 0.322 e. The van der Waals surface area contributed by atoms with E-state index in [1.54, 1.807) is 11.3 Å². The molecule has 6 nitrogen and oxygen atoms in total. The van der Waals surface area contributed by atoms with E-state index in [0.717, 1.165) is 21.5 Å². The summed E-state index contributed by atoms with van der Waals surface area (Å²) < 4.78 is 2.13. The standard InChI is InChI=1S/C28H30N4O2S/c1-19-7-9-22(10-8-19)18-32-25(16-23-11-14-35-27(23)32)26(33)30-12-13-31(21(3)17-30)28(34)29-24-6-4-5-20(2)15-24/h4-11,14-16,21H,12-13,17-18H2,1-3H3,(H,29,34). The summed E-state index contributed by atoms with van der Waals surface area (Å²) in [4.78, 5) is 31.4. The van der Waals surface area contributed by atoms with Crippen LogP contribution in [-0.4, -0.2) is 52.0 Å². The van der Waals surface area contributed by atoms with Crippen LogP contribution in [0.4, 0.5) is 10.5 Å². The van der Waals surface area contributed by atoms with Gasteiger partial charge in [0.05, 0.1) is 0 Å². The maximum atomic E-state index is 13.7. The summed E-state index contributed by atoms with van der Waals surface area (Å²) in [7, 11) is 0. The highest BCUT2D eigenvalue weighted by atomic mass is 32.1. The second-order valence-corrected chi connectivity index (χ2v) is 10.3. The Kier molecular flexibility index (Phi) is 6.34. The Morgan fingerprint density at radius 3 is 2.54 bits per heavy atom. The maximum absolute atomic E-state index is 13.7. The van der Waals surface area contributed by atoms with Crippen molar-refractivity contribution in [2.75, 3.05) is 25.0 Å². The topological polar surface area (TPSA) is 57.6 Å². The molecule has 4 aromatic rings. The van der Waals surface area contributed by atoms with Gasteiger partial charge in [-0.2, -0.15) is 0 Å². The summed E-state index contributed by atoms with van der Waals surface area (Å²) in [5, 5.41) is 6.15. The monoisotopic (exact) mass is 486 g/mol. The van der Waals surface area contributed by atoms with Gasteiger partial charge in [-0.05, 0) is 61.5 Å². The number of piperazine rings is 1. The molecule has 180 valence electrons. The van der Waals surface area contributed by atoms with Crippen LogP contribution in [0, 0.1) is 13.8 Å². The molecule has 3 amide bonds. The fourth-order valence-electron chi connectivity index (χ4n) is 4.71. The third kappa shape index (κ3) is 4.82. The van der Waals surface area contributed by atoms with Crippen molar-refractivity contribution in [1.29, 1.82) is 0 Å². The third-order valence-electron chi connectivity index (χ3n) is 6.63. The zero-order valence-corrected chi connectivity index (χ0v) is 21.1. The summed E-state index contributed by atoms with van der Waals surface area (Å²) in [5.41, 5.74) is 4.98. The number of aryl methyl sites for hydroxylation is 2. The van der Waals surface area contributed by atoms with E-state index in [0.29, 0.717) is 31.9 Å². The molecule has 0 spiro atoms. The lowest BCUT2D eigenvalue weighted by atomic mass is 10.1. The number of rotatable bonds is 4. The van der Waals surface area contributed by atoms with Gasteiger partial charge in [0.25, 0.3) is 5.91 Å². The molecule has 3 heterocycles. The van der Waals surface area contributed by atoms with Gasteiger partial charge >= 0.3 is 6.03 Å². The van der Waals surface area contributed by atoms with Crippen LogP contribution in [-0.2, 0) is 6.54 Å². The van der Waals surface area contributed by atoms with Crippen molar-refractivity contribution in [3.05, 3.63) is 88.4 Å². The zero-order chi connectivity index (χ0) is 24.5. The number of thiophene rings is 1. The Hall–Kier alpha value is -3.58. The van der Waals surface area contributed by atoms with Gasteiger partial charge in [0.15, 0.2) is 0 Å². The maximum Gasteiger partial charge on any atom is 0.322 e. The van der Waals surface area contributed by atoms with Crippen molar-refractivity contribution >= 4 is 39.2 Å². The van der Waals surface area contributed by atoms with E-state index >= 15 is 0 Å². The lowest BCUT2D eigenvalue weighted by Crippen LogP contribution is -2.56. The van der Waals surface area contributed by atoms with Gasteiger partial charge in [0.1, 0.15) is 10.5 Å². The minimum Gasteiger partial charge on any atom is -0.334 e. The number of carbonyl (C=O) groups excluding carboxylic acids is 2. The van der Waals surface area contributed by atoms with Crippen LogP contribution in [0.15, 0.2) is 66.0 Å². The summed E-state index contributed by atoms with van der Waals surface area (Å²) in [6.45, 7) is 8.24. The van der Waals surface area contributed by atoms with E-state index in [2.05, 4.69) is 52.5 Å². The molecule has 2 aromatic heterocycles. The van der Waals surface area contributed by atoms with Crippen molar-refractivity contribution in [3.8, 4) is 0 Å². The molecule has 1 aliphatic rings. The SMILES string of the molecule is Cc1ccc(Cn2c(C(=O)N3CCN(C(=O)Nc4cccc(C)c4)C(C)C3)cc3ccsc32)cc1. The molecule has 1 fully saturated rings. The van der Waals surface area contributed by atoms with Crippen molar-refractivity contribution in [3.63, 3.8) is 0 Å². The van der Waals surface area contributed by atoms with Crippen molar-refractivity contribution in [2.45, 2.75) is 33.4 Å². The van der Waals surface area contributed by atoms with E-state index in [1.165, 1.54) is 11.1 Å². The van der Waals surface area contributed by atoms with E-state index < -0.39 is 0 Å². The van der Waals surface area contributed by atoms with Gasteiger partial charge < -0.3 is 19.7 Å². The lowest BCUT2D eigenvalue weighted by Gasteiger charge is -2.39. The van der Waals surface area contributed by atoms with Crippen LogP contribution >= 0.6 is 11.3 Å². The molecule has 0 aliphatic carbocycles. The lowest BCUT2D eigenvalue weighted by molar-refractivity contribution is 0.0583. The van der Waals surface area contributed by atoms with Gasteiger partial charge in [-0.1, -0.05) is 42.0 Å². The Labute approximate surface area is 209 Å². The molecular formula is C28H30N4O2S. The number of nitrogens with zero attached hydrogens (tertiary/aromatic N) is 3. The molecule has 35 heavy (non-hydrogen) atoms. The first-order valence-corrected chi connectivity index (χ1v) is 12.8. The number of benzene rings is 2. The summed E-state index contributed by atoms with van der Waals surface area (Å²) >= 11 is 1.66. The fraction of sp³-hybridized carbons (Fsp3) is 0.286. The third-order valence-corrected chi connectivity index (χ3v) is 7.58. The predicted molar refractivity (Wildman–Crippen MR) is 142 cm³/mol. The molecule has 1 N–H and O–H groups in total. The number of fused-ring (bicyclic) bond motifs is 1. The second-order valence-electron chi connectivity index (χ2n) is 9.38. The number of hydrogen-bond donors (Lipinski definition) is 1. The molecule has 2 aromatic carbocycles. The number of hydrogen-bond acceptors (Lipinski definition) is 3. The van der Waals surface area contributed by atoms with E-state index in [9.17, 15) is 9.59 Å². The Balaban J connectivity index is 1.31. The zero-order valence-electron chi connectivity index (χ0n) is 20.3. The van der Waals surface area contributed by atoms with Gasteiger partial charge in [-0.25, -0.2) is 4.79 Å². The van der Waals surface area contributed by atoms with E-state index in [4.69, 9.17) is 0 Å². The van der Waals surface area contributed by atoms with Crippen LogP contribution in [0.5, 0.6) is 0 Å². The number of anilines is 1. The van der Waals surface area contributed by atoms with Crippen LogP contribution in [0.1, 0.15) is 34.1 Å². The molecule has 1 aliphatic heterocycles. The highest BCUT2D eigenvalue weighted by molar-refractivity contribution is 7.16. The molecule has 0 bridgehead atoms. The molecule has 0 radical (unpaired) electrons. The van der Waals surface area contributed by atoms with Gasteiger partial charge in [-0.3, -0.25) is 4.79 Å². The van der Waals surface area contributed by atoms with Gasteiger partial charge in [0.2, 0.25) is 0 Å². The second kappa shape index (κ2) is 9.58. The predicted octanol–water partition coefficient (Wildman–Crippen LogP) is 5.75. The van der Waals surface area contributed by atoms with Gasteiger partial charge in [-0.15, -0.1) is 11.3 Å². The number of amides is 3. The Bertz CT molecular complexity index is 1370. The molecule has 1 unspecified atom stereocenters. The summed E-state index contributed by atoms with van der Waals surface area (Å²) in [6.07, 6.45) is 0. The largest absolute Gasteiger partial charge is 0.334 e. The van der Waals surface area contributed by atoms with E-state index in [1.807, 2.05) is 54.0 Å². The van der Waals surface area contributed by atoms with Crippen LogP contribution < -0.4 is 5.32 Å². The number of carbonyl (C=O) groups is 2. The molecule has 1 atom stereocenters. The minimum absolute atomic E-state index is 0.0195. The first-order chi connectivity index (χ1) is 16.9. The van der Waals surface area contributed by atoms with Crippen LogP contribution in [0.25, 0.3) is 10.2 Å². The Morgan fingerprint density at radius 2 is 1.80 bits per heavy atom. The number of urea groups is 1. The summed E-state index contributed by atoms with van der Waals surface area (Å²) in [5.74, 6) is 0.0195. The van der Waals surface area contributed by atoms with E-state index in [-0.39, 0.29) is 18.0 Å². The quantitative estimate of drug-likeness (QED) is 0.400. The minimum atomic E-state index is -0.126. The highest BCUT2D eigenvalue weighted by Gasteiger charge is 2.32.